The first-order chi connectivity index (χ1) is 15.7. The molecule has 5 rings (SSSR count). The number of rotatable bonds is 5. The topological polar surface area (TPSA) is 88.7 Å². The van der Waals surface area contributed by atoms with Gasteiger partial charge in [0.1, 0.15) is 6.04 Å². The molecule has 0 unspecified atom stereocenters. The van der Waals surface area contributed by atoms with Crippen molar-refractivity contribution in [2.45, 2.75) is 25.0 Å². The first kappa shape index (κ1) is 20.1. The van der Waals surface area contributed by atoms with E-state index in [9.17, 15) is 9.59 Å². The molecule has 7 heteroatoms. The molecule has 0 saturated carbocycles. The van der Waals surface area contributed by atoms with Gasteiger partial charge in [-0.1, -0.05) is 54.6 Å². The van der Waals surface area contributed by atoms with Gasteiger partial charge in [-0.15, -0.1) is 0 Å². The van der Waals surface area contributed by atoms with E-state index in [1.807, 2.05) is 48.5 Å². The number of benzene rings is 3. The summed E-state index contributed by atoms with van der Waals surface area (Å²) in [4.78, 5) is 26.3. The molecule has 0 aromatic heterocycles. The molecule has 3 N–H and O–H groups in total. The average Bonchev–Trinajstić information content (AvgIpc) is 3.30. The van der Waals surface area contributed by atoms with E-state index >= 15 is 0 Å². The number of ether oxygens (including phenoxy) is 2. The van der Waals surface area contributed by atoms with Crippen LogP contribution in [0.1, 0.15) is 22.7 Å². The molecule has 0 saturated heterocycles. The summed E-state index contributed by atoms with van der Waals surface area (Å²) in [6, 6.07) is 21.2. The third-order valence-electron chi connectivity index (χ3n) is 5.72. The first-order valence-electron chi connectivity index (χ1n) is 10.5. The molecular weight excluding hydrogens is 406 g/mol. The molecule has 0 fully saturated rings. The Morgan fingerprint density at radius 1 is 0.906 bits per heavy atom. The van der Waals surface area contributed by atoms with Gasteiger partial charge in [-0.2, -0.15) is 0 Å². The number of fused-ring (bicyclic) bond motifs is 2. The maximum atomic E-state index is 13.2. The molecule has 7 nitrogen and oxygen atoms in total. The normalized spacial score (nSPS) is 17.2. The molecule has 2 aliphatic heterocycles. The molecule has 162 valence electrons. The van der Waals surface area contributed by atoms with Gasteiger partial charge in [0.25, 0.3) is 5.91 Å². The van der Waals surface area contributed by atoms with Crippen LogP contribution in [-0.4, -0.2) is 24.6 Å². The largest absolute Gasteiger partial charge is 0.454 e. The fourth-order valence-electron chi connectivity index (χ4n) is 4.02. The predicted octanol–water partition coefficient (Wildman–Crippen LogP) is 2.93. The fraction of sp³-hybridized carbons (Fsp3) is 0.200. The highest BCUT2D eigenvalue weighted by atomic mass is 16.7. The van der Waals surface area contributed by atoms with Crippen LogP contribution in [0.2, 0.25) is 0 Å². The van der Waals surface area contributed by atoms with Crippen molar-refractivity contribution in [3.05, 3.63) is 89.5 Å². The van der Waals surface area contributed by atoms with Crippen LogP contribution < -0.4 is 25.4 Å². The highest BCUT2D eigenvalue weighted by Crippen LogP contribution is 2.34. The molecule has 2 heterocycles. The lowest BCUT2D eigenvalue weighted by molar-refractivity contribution is -0.128. The van der Waals surface area contributed by atoms with Gasteiger partial charge < -0.3 is 25.4 Å². The lowest BCUT2D eigenvalue weighted by Crippen LogP contribution is -2.50. The van der Waals surface area contributed by atoms with Crippen molar-refractivity contribution < 1.29 is 19.1 Å². The van der Waals surface area contributed by atoms with Crippen molar-refractivity contribution in [1.82, 2.24) is 10.6 Å². The van der Waals surface area contributed by atoms with Crippen LogP contribution in [0.5, 0.6) is 11.5 Å². The Bertz CT molecular complexity index is 1150. The summed E-state index contributed by atoms with van der Waals surface area (Å²) < 4.78 is 10.7. The molecule has 0 radical (unpaired) electrons. The predicted molar refractivity (Wildman–Crippen MR) is 119 cm³/mol. The molecule has 0 bridgehead atoms. The van der Waals surface area contributed by atoms with E-state index in [2.05, 4.69) is 22.0 Å². The number of amides is 2. The van der Waals surface area contributed by atoms with Crippen LogP contribution >= 0.6 is 0 Å². The minimum Gasteiger partial charge on any atom is -0.454 e. The third-order valence-corrected chi connectivity index (χ3v) is 5.72. The molecule has 2 atom stereocenters. The van der Waals surface area contributed by atoms with Crippen LogP contribution in [0, 0.1) is 0 Å². The zero-order valence-corrected chi connectivity index (χ0v) is 17.3. The SMILES string of the molecule is O=C(N[C@@H](C(=O)Nc1ccc2c(c1)OCO2)c1ccccc1)[C@H]1Cc2ccccc2CN1. The maximum Gasteiger partial charge on any atom is 0.251 e. The highest BCUT2D eigenvalue weighted by molar-refractivity contribution is 5.98. The van der Waals surface area contributed by atoms with E-state index in [0.29, 0.717) is 35.7 Å². The summed E-state index contributed by atoms with van der Waals surface area (Å²) in [6.45, 7) is 0.778. The number of carbonyl (C=O) groups excluding carboxylic acids is 2. The second kappa shape index (κ2) is 8.72. The Morgan fingerprint density at radius 3 is 2.50 bits per heavy atom. The quantitative estimate of drug-likeness (QED) is 0.580. The van der Waals surface area contributed by atoms with Gasteiger partial charge in [-0.25, -0.2) is 0 Å². The number of hydrogen-bond acceptors (Lipinski definition) is 5. The van der Waals surface area contributed by atoms with Gasteiger partial charge in [0, 0.05) is 18.3 Å². The smallest absolute Gasteiger partial charge is 0.251 e. The average molecular weight is 429 g/mol. The summed E-state index contributed by atoms with van der Waals surface area (Å²) in [5, 5.41) is 9.10. The number of carbonyl (C=O) groups is 2. The van der Waals surface area contributed by atoms with E-state index in [1.54, 1.807) is 18.2 Å². The van der Waals surface area contributed by atoms with E-state index in [-0.39, 0.29) is 18.6 Å². The summed E-state index contributed by atoms with van der Waals surface area (Å²) in [6.07, 6.45) is 0.577. The third kappa shape index (κ3) is 4.15. The van der Waals surface area contributed by atoms with Gasteiger partial charge in [0.2, 0.25) is 12.7 Å². The molecule has 0 spiro atoms. The molecular formula is C25H23N3O4. The fourth-order valence-corrected chi connectivity index (χ4v) is 4.02. The van der Waals surface area contributed by atoms with Gasteiger partial charge >= 0.3 is 0 Å². The molecule has 3 aromatic carbocycles. The maximum absolute atomic E-state index is 13.2. The van der Waals surface area contributed by atoms with Crippen LogP contribution in [0.15, 0.2) is 72.8 Å². The summed E-state index contributed by atoms with van der Waals surface area (Å²) in [7, 11) is 0. The standard InChI is InChI=1S/C25H23N3O4/c29-24(20-12-17-8-4-5-9-18(17)14-26-20)28-23(16-6-2-1-3-7-16)25(30)27-19-10-11-21-22(13-19)32-15-31-21/h1-11,13,20,23,26H,12,14-15H2,(H,27,30)(H,28,29)/t20-,23-/m1/s1. The van der Waals surface area contributed by atoms with Crippen LogP contribution in [-0.2, 0) is 22.6 Å². The van der Waals surface area contributed by atoms with Gasteiger partial charge in [-0.3, -0.25) is 9.59 Å². The van der Waals surface area contributed by atoms with Crippen LogP contribution in [0.4, 0.5) is 5.69 Å². The number of nitrogens with one attached hydrogen (secondary N) is 3. The van der Waals surface area contributed by atoms with E-state index < -0.39 is 12.1 Å². The lowest BCUT2D eigenvalue weighted by Gasteiger charge is -2.27. The lowest BCUT2D eigenvalue weighted by atomic mass is 9.95. The molecule has 2 amide bonds. The van der Waals surface area contributed by atoms with E-state index in [0.717, 1.165) is 5.56 Å². The van der Waals surface area contributed by atoms with Crippen LogP contribution in [0.3, 0.4) is 0 Å². The van der Waals surface area contributed by atoms with Crippen molar-refractivity contribution in [1.29, 1.82) is 0 Å². The highest BCUT2D eigenvalue weighted by Gasteiger charge is 2.29. The Kier molecular flexibility index (Phi) is 5.47. The Balaban J connectivity index is 1.33. The minimum absolute atomic E-state index is 0.160. The molecule has 3 aromatic rings. The van der Waals surface area contributed by atoms with Crippen molar-refractivity contribution in [3.8, 4) is 11.5 Å². The zero-order valence-electron chi connectivity index (χ0n) is 17.3. The van der Waals surface area contributed by atoms with Crippen LogP contribution in [0.25, 0.3) is 0 Å². The Hall–Kier alpha value is -3.84. The van der Waals surface area contributed by atoms with Crippen molar-refractivity contribution in [2.24, 2.45) is 0 Å². The monoisotopic (exact) mass is 429 g/mol. The molecule has 2 aliphatic rings. The van der Waals surface area contributed by atoms with E-state index in [4.69, 9.17) is 9.47 Å². The minimum atomic E-state index is -0.840. The second-order valence-corrected chi connectivity index (χ2v) is 7.82. The van der Waals surface area contributed by atoms with Crippen molar-refractivity contribution in [2.75, 3.05) is 12.1 Å². The second-order valence-electron chi connectivity index (χ2n) is 7.82. The Labute approximate surface area is 185 Å². The summed E-state index contributed by atoms with van der Waals surface area (Å²) in [5.74, 6) is 0.668. The van der Waals surface area contributed by atoms with Gasteiger partial charge in [0.15, 0.2) is 11.5 Å². The number of anilines is 1. The van der Waals surface area contributed by atoms with Crippen molar-refractivity contribution in [3.63, 3.8) is 0 Å². The van der Waals surface area contributed by atoms with Gasteiger partial charge in [-0.05, 0) is 35.2 Å². The zero-order chi connectivity index (χ0) is 21.9. The number of hydrogen-bond donors (Lipinski definition) is 3. The first-order valence-corrected chi connectivity index (χ1v) is 10.5. The van der Waals surface area contributed by atoms with E-state index in [1.165, 1.54) is 5.56 Å². The summed E-state index contributed by atoms with van der Waals surface area (Å²) >= 11 is 0. The van der Waals surface area contributed by atoms with Gasteiger partial charge in [0.05, 0.1) is 6.04 Å². The Morgan fingerprint density at radius 2 is 1.66 bits per heavy atom. The molecule has 0 aliphatic carbocycles. The molecule has 32 heavy (non-hydrogen) atoms. The summed E-state index contributed by atoms with van der Waals surface area (Å²) in [5.41, 5.74) is 3.61. The van der Waals surface area contributed by atoms with Crippen molar-refractivity contribution >= 4 is 17.5 Å².